The Morgan fingerprint density at radius 3 is 2.33 bits per heavy atom. The van der Waals surface area contributed by atoms with E-state index in [4.69, 9.17) is 14.2 Å². The summed E-state index contributed by atoms with van der Waals surface area (Å²) >= 11 is 0. The molecule has 2 amide bonds. The topological polar surface area (TPSA) is 72.9 Å². The summed E-state index contributed by atoms with van der Waals surface area (Å²) < 4.78 is 16.1. The van der Waals surface area contributed by atoms with Crippen molar-refractivity contribution in [2.45, 2.75) is 13.1 Å². The van der Waals surface area contributed by atoms with Crippen LogP contribution >= 0.6 is 0 Å². The summed E-state index contributed by atoms with van der Waals surface area (Å²) in [5.41, 5.74) is 1.86. The molecule has 7 heteroatoms. The Morgan fingerprint density at radius 2 is 1.63 bits per heavy atom. The van der Waals surface area contributed by atoms with Gasteiger partial charge in [-0.1, -0.05) is 24.3 Å². The number of carbonyl (C=O) groups is 1. The molecule has 0 aliphatic heterocycles. The van der Waals surface area contributed by atoms with Gasteiger partial charge in [-0.3, -0.25) is 0 Å². The van der Waals surface area contributed by atoms with E-state index in [0.29, 0.717) is 30.5 Å². The van der Waals surface area contributed by atoms with Crippen LogP contribution in [0.1, 0.15) is 11.1 Å². The summed E-state index contributed by atoms with van der Waals surface area (Å²) in [7, 11) is 4.98. The molecule has 0 aliphatic carbocycles. The van der Waals surface area contributed by atoms with Crippen LogP contribution in [-0.4, -0.2) is 37.2 Å². The van der Waals surface area contributed by atoms with E-state index in [1.807, 2.05) is 48.5 Å². The van der Waals surface area contributed by atoms with Crippen LogP contribution in [0.2, 0.25) is 0 Å². The first kappa shape index (κ1) is 21.0. The number of nitrogens with one attached hydrogen (secondary N) is 1. The van der Waals surface area contributed by atoms with Crippen LogP contribution in [0.5, 0.6) is 23.1 Å². The Morgan fingerprint density at radius 1 is 0.933 bits per heavy atom. The molecule has 30 heavy (non-hydrogen) atoms. The van der Waals surface area contributed by atoms with Crippen molar-refractivity contribution in [3.63, 3.8) is 0 Å². The van der Waals surface area contributed by atoms with E-state index < -0.39 is 0 Å². The molecule has 0 spiro atoms. The quantitative estimate of drug-likeness (QED) is 0.605. The van der Waals surface area contributed by atoms with Gasteiger partial charge in [-0.2, -0.15) is 0 Å². The number of hydrogen-bond acceptors (Lipinski definition) is 5. The first-order chi connectivity index (χ1) is 14.6. The van der Waals surface area contributed by atoms with Crippen LogP contribution in [0.3, 0.4) is 0 Å². The highest BCUT2D eigenvalue weighted by Crippen LogP contribution is 2.23. The number of urea groups is 1. The largest absolute Gasteiger partial charge is 0.497 e. The van der Waals surface area contributed by atoms with Gasteiger partial charge in [0.25, 0.3) is 0 Å². The predicted molar refractivity (Wildman–Crippen MR) is 114 cm³/mol. The zero-order valence-electron chi connectivity index (χ0n) is 17.3. The third-order valence-electron chi connectivity index (χ3n) is 4.41. The van der Waals surface area contributed by atoms with E-state index >= 15 is 0 Å². The SMILES string of the molecule is COc1cccc(CN(C)C(=O)NCc2ccc(Oc3cccc(OC)c3)nc2)c1. The molecule has 7 nitrogen and oxygen atoms in total. The van der Waals surface area contributed by atoms with Crippen molar-refractivity contribution >= 4 is 6.03 Å². The van der Waals surface area contributed by atoms with Crippen molar-refractivity contribution in [2.75, 3.05) is 21.3 Å². The lowest BCUT2D eigenvalue weighted by Gasteiger charge is -2.18. The molecule has 3 rings (SSSR count). The van der Waals surface area contributed by atoms with Gasteiger partial charge in [0, 0.05) is 38.5 Å². The third kappa shape index (κ3) is 5.88. The molecule has 0 saturated carbocycles. The summed E-state index contributed by atoms with van der Waals surface area (Å²) in [5, 5.41) is 2.89. The standard InChI is InChI=1S/C23H25N3O4/c1-26(16-17-6-4-7-19(12-17)28-2)23(27)25-15-18-10-11-22(24-14-18)30-21-9-5-8-20(13-21)29-3/h4-14H,15-16H2,1-3H3,(H,25,27). The lowest BCUT2D eigenvalue weighted by Crippen LogP contribution is -2.36. The highest BCUT2D eigenvalue weighted by molar-refractivity contribution is 5.73. The zero-order chi connectivity index (χ0) is 21.3. The number of aromatic nitrogens is 1. The average Bonchev–Trinajstić information content (AvgIpc) is 2.78. The molecule has 1 N–H and O–H groups in total. The van der Waals surface area contributed by atoms with Gasteiger partial charge in [0.1, 0.15) is 17.2 Å². The number of pyridine rings is 1. The van der Waals surface area contributed by atoms with Gasteiger partial charge in [-0.15, -0.1) is 0 Å². The second-order valence-corrected chi connectivity index (χ2v) is 6.65. The fourth-order valence-electron chi connectivity index (χ4n) is 2.79. The summed E-state index contributed by atoms with van der Waals surface area (Å²) in [6.07, 6.45) is 1.68. The molecule has 0 radical (unpaired) electrons. The highest BCUT2D eigenvalue weighted by atomic mass is 16.5. The summed E-state index contributed by atoms with van der Waals surface area (Å²) in [6.45, 7) is 0.850. The number of nitrogens with zero attached hydrogens (tertiary/aromatic N) is 2. The average molecular weight is 407 g/mol. The van der Waals surface area contributed by atoms with E-state index in [2.05, 4.69) is 10.3 Å². The van der Waals surface area contributed by atoms with Gasteiger partial charge in [-0.05, 0) is 35.4 Å². The molecule has 156 valence electrons. The van der Waals surface area contributed by atoms with Gasteiger partial charge in [0.2, 0.25) is 5.88 Å². The molecule has 0 atom stereocenters. The number of ether oxygens (including phenoxy) is 3. The fraction of sp³-hybridized carbons (Fsp3) is 0.217. The first-order valence-electron chi connectivity index (χ1n) is 9.46. The Bertz CT molecular complexity index is 976. The molecule has 1 heterocycles. The Kier molecular flexibility index (Phi) is 7.10. The predicted octanol–water partition coefficient (Wildman–Crippen LogP) is 4.23. The molecule has 2 aromatic carbocycles. The molecule has 3 aromatic rings. The maximum absolute atomic E-state index is 12.4. The van der Waals surface area contributed by atoms with Crippen molar-refractivity contribution in [1.82, 2.24) is 15.2 Å². The van der Waals surface area contributed by atoms with Gasteiger partial charge < -0.3 is 24.4 Å². The third-order valence-corrected chi connectivity index (χ3v) is 4.41. The van der Waals surface area contributed by atoms with Crippen LogP contribution in [0.25, 0.3) is 0 Å². The molecule has 0 unspecified atom stereocenters. The van der Waals surface area contributed by atoms with Crippen molar-refractivity contribution in [2.24, 2.45) is 0 Å². The number of amides is 2. The molecule has 0 aliphatic rings. The minimum Gasteiger partial charge on any atom is -0.497 e. The second-order valence-electron chi connectivity index (χ2n) is 6.65. The lowest BCUT2D eigenvalue weighted by molar-refractivity contribution is 0.206. The highest BCUT2D eigenvalue weighted by Gasteiger charge is 2.10. The van der Waals surface area contributed by atoms with Crippen molar-refractivity contribution in [3.05, 3.63) is 78.0 Å². The first-order valence-corrected chi connectivity index (χ1v) is 9.46. The summed E-state index contributed by atoms with van der Waals surface area (Å²) in [5.74, 6) is 2.59. The van der Waals surface area contributed by atoms with E-state index in [-0.39, 0.29) is 6.03 Å². The number of methoxy groups -OCH3 is 2. The van der Waals surface area contributed by atoms with Gasteiger partial charge in [0.15, 0.2) is 0 Å². The Hall–Kier alpha value is -3.74. The number of benzene rings is 2. The van der Waals surface area contributed by atoms with Gasteiger partial charge in [-0.25, -0.2) is 9.78 Å². The maximum atomic E-state index is 12.4. The Labute approximate surface area is 176 Å². The number of rotatable bonds is 8. The van der Waals surface area contributed by atoms with Crippen LogP contribution < -0.4 is 19.5 Å². The van der Waals surface area contributed by atoms with Crippen molar-refractivity contribution in [3.8, 4) is 23.1 Å². The smallest absolute Gasteiger partial charge is 0.317 e. The molecule has 1 aromatic heterocycles. The summed E-state index contributed by atoms with van der Waals surface area (Å²) in [4.78, 5) is 18.3. The van der Waals surface area contributed by atoms with E-state index in [1.54, 1.807) is 44.5 Å². The molecule has 0 saturated heterocycles. The number of carbonyl (C=O) groups excluding carboxylic acids is 1. The summed E-state index contributed by atoms with van der Waals surface area (Å²) in [6, 6.07) is 18.4. The second kappa shape index (κ2) is 10.2. The van der Waals surface area contributed by atoms with E-state index in [1.165, 1.54) is 0 Å². The van der Waals surface area contributed by atoms with Crippen LogP contribution in [-0.2, 0) is 13.1 Å². The van der Waals surface area contributed by atoms with Gasteiger partial charge >= 0.3 is 6.03 Å². The molecule has 0 fully saturated rings. The van der Waals surface area contributed by atoms with E-state index in [0.717, 1.165) is 16.9 Å². The zero-order valence-corrected chi connectivity index (χ0v) is 17.3. The van der Waals surface area contributed by atoms with Gasteiger partial charge in [0.05, 0.1) is 14.2 Å². The van der Waals surface area contributed by atoms with Crippen LogP contribution in [0, 0.1) is 0 Å². The van der Waals surface area contributed by atoms with Crippen molar-refractivity contribution in [1.29, 1.82) is 0 Å². The maximum Gasteiger partial charge on any atom is 0.317 e. The van der Waals surface area contributed by atoms with Crippen molar-refractivity contribution < 1.29 is 19.0 Å². The Balaban J connectivity index is 1.50. The minimum absolute atomic E-state index is 0.172. The molecule has 0 bridgehead atoms. The number of hydrogen-bond donors (Lipinski definition) is 1. The van der Waals surface area contributed by atoms with Crippen LogP contribution in [0.15, 0.2) is 66.9 Å². The van der Waals surface area contributed by atoms with E-state index in [9.17, 15) is 4.79 Å². The normalized spacial score (nSPS) is 10.2. The molecular weight excluding hydrogens is 382 g/mol. The minimum atomic E-state index is -0.172. The van der Waals surface area contributed by atoms with Crippen LogP contribution in [0.4, 0.5) is 4.79 Å². The lowest BCUT2D eigenvalue weighted by atomic mass is 10.2. The fourth-order valence-corrected chi connectivity index (χ4v) is 2.79. The molecular formula is C23H25N3O4. The monoisotopic (exact) mass is 407 g/mol.